The van der Waals surface area contributed by atoms with Crippen molar-refractivity contribution in [2.24, 2.45) is 0 Å². The molecule has 0 amide bonds. The van der Waals surface area contributed by atoms with Crippen LogP contribution in [-0.4, -0.2) is 20.0 Å². The van der Waals surface area contributed by atoms with Crippen molar-refractivity contribution in [2.45, 2.75) is 16.8 Å². The summed E-state index contributed by atoms with van der Waals surface area (Å²) in [6.45, 7) is 2.01. The molecule has 2 aromatic rings. The van der Waals surface area contributed by atoms with Crippen molar-refractivity contribution in [2.75, 3.05) is 6.61 Å². The van der Waals surface area contributed by atoms with Gasteiger partial charge in [-0.3, -0.25) is 4.79 Å². The van der Waals surface area contributed by atoms with Gasteiger partial charge < -0.3 is 9.72 Å². The van der Waals surface area contributed by atoms with E-state index in [1.165, 1.54) is 12.1 Å². The number of ether oxygens (including phenoxy) is 1. The second kappa shape index (κ2) is 5.68. The maximum atomic E-state index is 12.5. The van der Waals surface area contributed by atoms with E-state index in [9.17, 15) is 13.2 Å². The summed E-state index contributed by atoms with van der Waals surface area (Å²) < 4.78 is 30.0. The van der Waals surface area contributed by atoms with Gasteiger partial charge in [0.15, 0.2) is 10.9 Å². The fourth-order valence-corrected chi connectivity index (χ4v) is 3.36. The maximum Gasteiger partial charge on any atom is 0.223 e. The monoisotopic (exact) mass is 313 g/mol. The van der Waals surface area contributed by atoms with Gasteiger partial charge in [0, 0.05) is 6.07 Å². The average Bonchev–Trinajstić information content (AvgIpc) is 2.43. The lowest BCUT2D eigenvalue weighted by Crippen LogP contribution is -2.13. The van der Waals surface area contributed by atoms with E-state index in [4.69, 9.17) is 16.3 Å². The summed E-state index contributed by atoms with van der Waals surface area (Å²) in [5.74, 6) is 0.0661. The molecule has 0 saturated heterocycles. The number of benzene rings is 1. The van der Waals surface area contributed by atoms with Crippen LogP contribution >= 0.6 is 11.6 Å². The molecule has 1 N–H and O–H groups in total. The SMILES string of the molecule is CCOc1cc(=O)c(Cl)c(S(=O)(=O)c2ccccc2)[nH]1. The molecule has 1 heterocycles. The number of nitrogens with one attached hydrogen (secondary N) is 1. The number of H-pyrrole nitrogens is 1. The second-order valence-electron chi connectivity index (χ2n) is 3.89. The van der Waals surface area contributed by atoms with Crippen LogP contribution in [0.2, 0.25) is 5.02 Å². The topological polar surface area (TPSA) is 76.2 Å². The lowest BCUT2D eigenvalue weighted by atomic mass is 10.4. The Morgan fingerprint density at radius 2 is 1.90 bits per heavy atom. The maximum absolute atomic E-state index is 12.5. The molecule has 0 atom stereocenters. The molecule has 1 aromatic heterocycles. The number of hydrogen-bond donors (Lipinski definition) is 1. The van der Waals surface area contributed by atoms with E-state index < -0.39 is 15.3 Å². The molecule has 0 bridgehead atoms. The standard InChI is InChI=1S/C13H12ClNO4S/c1-2-19-11-8-10(16)12(14)13(15-11)20(17,18)9-6-4-3-5-7-9/h3-8H,2H2,1H3,(H,15,16). The Bertz CT molecular complexity index is 769. The van der Waals surface area contributed by atoms with Gasteiger partial charge in [0.1, 0.15) is 5.02 Å². The van der Waals surface area contributed by atoms with Crippen LogP contribution in [0, 0.1) is 0 Å². The Balaban J connectivity index is 2.66. The highest BCUT2D eigenvalue weighted by Crippen LogP contribution is 2.25. The van der Waals surface area contributed by atoms with Gasteiger partial charge in [0.25, 0.3) is 0 Å². The smallest absolute Gasteiger partial charge is 0.223 e. The predicted octanol–water partition coefficient (Wildman–Crippen LogP) is 2.26. The zero-order chi connectivity index (χ0) is 14.8. The number of aromatic amines is 1. The molecular formula is C13H12ClNO4S. The lowest BCUT2D eigenvalue weighted by Gasteiger charge is -2.09. The minimum Gasteiger partial charge on any atom is -0.479 e. The molecule has 0 radical (unpaired) electrons. The molecule has 0 unspecified atom stereocenters. The molecule has 0 saturated carbocycles. The Kier molecular flexibility index (Phi) is 4.15. The largest absolute Gasteiger partial charge is 0.479 e. The summed E-state index contributed by atoms with van der Waals surface area (Å²) in [5.41, 5.74) is -0.608. The van der Waals surface area contributed by atoms with E-state index in [2.05, 4.69) is 4.98 Å². The zero-order valence-electron chi connectivity index (χ0n) is 10.6. The van der Waals surface area contributed by atoms with Crippen LogP contribution in [0.15, 0.2) is 51.1 Å². The first-order valence-electron chi connectivity index (χ1n) is 5.82. The number of sulfone groups is 1. The van der Waals surface area contributed by atoms with Crippen molar-refractivity contribution in [3.8, 4) is 5.88 Å². The van der Waals surface area contributed by atoms with Crippen LogP contribution in [0.1, 0.15) is 6.92 Å². The van der Waals surface area contributed by atoms with Crippen molar-refractivity contribution in [1.82, 2.24) is 4.98 Å². The molecule has 5 nitrogen and oxygen atoms in total. The first kappa shape index (κ1) is 14.6. The van der Waals surface area contributed by atoms with Gasteiger partial charge in [0.05, 0.1) is 11.5 Å². The third-order valence-electron chi connectivity index (χ3n) is 2.54. The lowest BCUT2D eigenvalue weighted by molar-refractivity contribution is 0.323. The van der Waals surface area contributed by atoms with E-state index >= 15 is 0 Å². The first-order valence-corrected chi connectivity index (χ1v) is 7.68. The molecule has 20 heavy (non-hydrogen) atoms. The van der Waals surface area contributed by atoms with Crippen LogP contribution in [0.25, 0.3) is 0 Å². The minimum absolute atomic E-state index is 0.0474. The molecule has 0 aliphatic carbocycles. The summed E-state index contributed by atoms with van der Waals surface area (Å²) in [4.78, 5) is 14.3. The Morgan fingerprint density at radius 3 is 2.50 bits per heavy atom. The Morgan fingerprint density at radius 1 is 1.25 bits per heavy atom. The fraction of sp³-hybridized carbons (Fsp3) is 0.154. The van der Waals surface area contributed by atoms with Gasteiger partial charge >= 0.3 is 0 Å². The molecule has 0 aliphatic heterocycles. The highest BCUT2D eigenvalue weighted by Gasteiger charge is 2.24. The van der Waals surface area contributed by atoms with Crippen LogP contribution in [-0.2, 0) is 9.84 Å². The first-order chi connectivity index (χ1) is 9.46. The quantitative estimate of drug-likeness (QED) is 0.939. The molecule has 0 spiro atoms. The highest BCUT2D eigenvalue weighted by molar-refractivity contribution is 7.91. The number of halogens is 1. The van der Waals surface area contributed by atoms with Gasteiger partial charge in [-0.25, -0.2) is 8.42 Å². The van der Waals surface area contributed by atoms with Gasteiger partial charge in [-0.1, -0.05) is 29.8 Å². The Hall–Kier alpha value is -1.79. The van der Waals surface area contributed by atoms with Crippen LogP contribution in [0.5, 0.6) is 5.88 Å². The normalized spacial score (nSPS) is 11.3. The van der Waals surface area contributed by atoms with Gasteiger partial charge in [0.2, 0.25) is 15.3 Å². The minimum atomic E-state index is -3.90. The van der Waals surface area contributed by atoms with Crippen LogP contribution in [0.3, 0.4) is 0 Å². The zero-order valence-corrected chi connectivity index (χ0v) is 12.2. The molecule has 7 heteroatoms. The van der Waals surface area contributed by atoms with E-state index in [0.29, 0.717) is 6.61 Å². The summed E-state index contributed by atoms with van der Waals surface area (Å²) in [6, 6.07) is 8.85. The summed E-state index contributed by atoms with van der Waals surface area (Å²) in [7, 11) is -3.90. The molecule has 1 aromatic carbocycles. The third-order valence-corrected chi connectivity index (χ3v) is 4.76. The molecule has 0 aliphatic rings. The number of rotatable bonds is 4. The van der Waals surface area contributed by atoms with Crippen molar-refractivity contribution in [3.05, 3.63) is 51.6 Å². The molecular weight excluding hydrogens is 302 g/mol. The van der Waals surface area contributed by atoms with Gasteiger partial charge in [-0.05, 0) is 19.1 Å². The summed E-state index contributed by atoms with van der Waals surface area (Å²) in [6.07, 6.45) is 0. The van der Waals surface area contributed by atoms with Crippen molar-refractivity contribution in [3.63, 3.8) is 0 Å². The van der Waals surface area contributed by atoms with Gasteiger partial charge in [-0.15, -0.1) is 0 Å². The molecule has 2 rings (SSSR count). The average molecular weight is 314 g/mol. The number of aromatic nitrogens is 1. The van der Waals surface area contributed by atoms with Crippen molar-refractivity contribution >= 4 is 21.4 Å². The summed E-state index contributed by atoms with van der Waals surface area (Å²) in [5, 5.41) is -0.737. The number of pyridine rings is 1. The molecule has 0 fully saturated rings. The van der Waals surface area contributed by atoms with Crippen molar-refractivity contribution < 1.29 is 13.2 Å². The van der Waals surface area contributed by atoms with E-state index in [0.717, 1.165) is 6.07 Å². The Labute approximate surface area is 121 Å². The number of hydrogen-bond acceptors (Lipinski definition) is 4. The van der Waals surface area contributed by atoms with E-state index in [1.807, 2.05) is 0 Å². The third kappa shape index (κ3) is 2.71. The van der Waals surface area contributed by atoms with Gasteiger partial charge in [-0.2, -0.15) is 0 Å². The predicted molar refractivity (Wildman–Crippen MR) is 75.1 cm³/mol. The van der Waals surface area contributed by atoms with E-state index in [1.54, 1.807) is 25.1 Å². The van der Waals surface area contributed by atoms with E-state index in [-0.39, 0.29) is 20.8 Å². The summed E-state index contributed by atoms with van der Waals surface area (Å²) >= 11 is 5.82. The highest BCUT2D eigenvalue weighted by atomic mass is 35.5. The van der Waals surface area contributed by atoms with Crippen LogP contribution in [0.4, 0.5) is 0 Å². The van der Waals surface area contributed by atoms with Crippen LogP contribution < -0.4 is 10.2 Å². The molecule has 106 valence electrons. The second-order valence-corrected chi connectivity index (χ2v) is 6.15. The fourth-order valence-electron chi connectivity index (χ4n) is 1.63. The van der Waals surface area contributed by atoms with Crippen molar-refractivity contribution in [1.29, 1.82) is 0 Å².